The quantitative estimate of drug-likeness (QED) is 0.0840. The fourth-order valence-corrected chi connectivity index (χ4v) is 8.11. The van der Waals surface area contributed by atoms with Crippen LogP contribution in [0, 0.1) is 11.6 Å². The number of carbonyl (C=O) groups excluding carboxylic acids is 5. The number of alkyl halides is 2. The highest BCUT2D eigenvalue weighted by Crippen LogP contribution is 2.28. The van der Waals surface area contributed by atoms with Crippen LogP contribution in [0.15, 0.2) is 134 Å². The van der Waals surface area contributed by atoms with Gasteiger partial charge in [-0.15, -0.1) is 0 Å². The van der Waals surface area contributed by atoms with Crippen LogP contribution in [0.1, 0.15) is 31.8 Å². The number of nitrogens with zero attached hydrogens (tertiary/aromatic N) is 8. The number of benzene rings is 4. The van der Waals surface area contributed by atoms with Crippen LogP contribution < -0.4 is 20.9 Å². The number of rotatable bonds is 14. The maximum atomic E-state index is 15.1. The highest BCUT2D eigenvalue weighted by atomic mass is 19.3. The Balaban J connectivity index is 0.000000216. The summed E-state index contributed by atoms with van der Waals surface area (Å²) in [6.07, 6.45) is 3.66. The summed E-state index contributed by atoms with van der Waals surface area (Å²) in [6, 6.07) is 30.0. The average Bonchev–Trinajstić information content (AvgIpc) is 3.42. The number of nitrogens with two attached hydrogens (primary N) is 1. The molecule has 2 aliphatic heterocycles. The summed E-state index contributed by atoms with van der Waals surface area (Å²) < 4.78 is 54.8. The van der Waals surface area contributed by atoms with Gasteiger partial charge in [0, 0.05) is 111 Å². The minimum absolute atomic E-state index is 0.0420. The van der Waals surface area contributed by atoms with Crippen molar-refractivity contribution in [3.63, 3.8) is 0 Å². The lowest BCUT2D eigenvalue weighted by atomic mass is 10.1. The third-order valence-corrected chi connectivity index (χ3v) is 12.6. The number of Topliss-reactive ketones (excluding diaryl/α,β-unsaturated/α-hetero) is 2. The average molecular weight is 1000 g/mol. The predicted octanol–water partition coefficient (Wildman–Crippen LogP) is 7.23. The first-order valence-electron chi connectivity index (χ1n) is 23.6. The largest absolute Gasteiger partial charge is 0.344 e. The zero-order valence-corrected chi connectivity index (χ0v) is 40.5. The van der Waals surface area contributed by atoms with Crippen molar-refractivity contribution in [2.24, 2.45) is 5.73 Å². The van der Waals surface area contributed by atoms with Gasteiger partial charge >= 0.3 is 18.5 Å². The monoisotopic (exact) mass is 1000 g/mol. The van der Waals surface area contributed by atoms with Crippen molar-refractivity contribution >= 4 is 40.9 Å². The number of pyridine rings is 2. The summed E-state index contributed by atoms with van der Waals surface area (Å²) in [5, 5.41) is 1.81. The van der Waals surface area contributed by atoms with Gasteiger partial charge in [-0.1, -0.05) is 60.7 Å². The number of halogens is 4. The maximum Gasteiger partial charge on any atom is 0.324 e. The van der Waals surface area contributed by atoms with E-state index in [1.54, 1.807) is 63.8 Å². The molecule has 0 aliphatic carbocycles. The second kappa shape index (κ2) is 25.0. The van der Waals surface area contributed by atoms with Crippen molar-refractivity contribution in [2.75, 3.05) is 89.3 Å². The Morgan fingerprint density at radius 1 is 0.575 bits per heavy atom. The van der Waals surface area contributed by atoms with E-state index in [2.05, 4.69) is 19.8 Å². The van der Waals surface area contributed by atoms with E-state index in [1.165, 1.54) is 23.1 Å². The summed E-state index contributed by atoms with van der Waals surface area (Å²) in [6.45, 7) is 4.33. The third kappa shape index (κ3) is 14.0. The SMILES string of the molecule is CN1CCN(C(=O)N(Cc2ccc(C(=O)CN)cc2F)c2ccc(-c3cccnc3)cc2)CC1.CN1CCN(C(=O)N(Cc2ccc(C(=O)CNC(=O)C(F)F)cc2F)c2ccc(-c3cccnc3)cc2)CC1. The van der Waals surface area contributed by atoms with E-state index >= 15 is 4.39 Å². The number of carbonyl (C=O) groups is 5. The Kier molecular flexibility index (Phi) is 18.1. The van der Waals surface area contributed by atoms with E-state index in [1.807, 2.05) is 80.1 Å². The molecule has 380 valence electrons. The number of ketones is 2. The van der Waals surface area contributed by atoms with Crippen molar-refractivity contribution in [1.82, 2.24) is 34.9 Å². The molecular weight excluding hydrogens is 945 g/mol. The van der Waals surface area contributed by atoms with Crippen molar-refractivity contribution < 1.29 is 41.5 Å². The molecule has 4 heterocycles. The number of hydrogen-bond donors (Lipinski definition) is 2. The van der Waals surface area contributed by atoms with E-state index < -0.39 is 36.3 Å². The molecule has 4 aromatic carbocycles. The van der Waals surface area contributed by atoms with Crippen LogP contribution in [0.5, 0.6) is 0 Å². The number of aromatic nitrogens is 2. The Labute approximate surface area is 420 Å². The van der Waals surface area contributed by atoms with Crippen LogP contribution >= 0.6 is 0 Å². The molecule has 2 aromatic heterocycles. The molecule has 5 amide bonds. The molecule has 0 unspecified atom stereocenters. The van der Waals surface area contributed by atoms with Crippen LogP contribution in [0.4, 0.5) is 38.5 Å². The summed E-state index contributed by atoms with van der Waals surface area (Å²) in [5.74, 6) is -3.90. The maximum absolute atomic E-state index is 15.1. The first-order chi connectivity index (χ1) is 35.2. The Hall–Kier alpha value is -7.87. The molecule has 2 aliphatic rings. The van der Waals surface area contributed by atoms with Crippen molar-refractivity contribution in [1.29, 1.82) is 0 Å². The van der Waals surface area contributed by atoms with Gasteiger partial charge < -0.3 is 30.7 Å². The molecule has 15 nitrogen and oxygen atoms in total. The number of likely N-dealkylation sites (N-methyl/N-ethyl adjacent to an activating group) is 2. The van der Waals surface area contributed by atoms with Gasteiger partial charge in [-0.25, -0.2) is 18.4 Å². The predicted molar refractivity (Wildman–Crippen MR) is 270 cm³/mol. The molecular formula is C54H56F4N10O5. The van der Waals surface area contributed by atoms with Crippen LogP contribution in [0.25, 0.3) is 22.3 Å². The summed E-state index contributed by atoms with van der Waals surface area (Å²) in [5.41, 5.74) is 11.0. The fraction of sp³-hybridized carbons (Fsp3) is 0.278. The van der Waals surface area contributed by atoms with Crippen molar-refractivity contribution in [3.8, 4) is 22.3 Å². The summed E-state index contributed by atoms with van der Waals surface area (Å²) in [4.78, 5) is 81.4. The molecule has 3 N–H and O–H groups in total. The first kappa shape index (κ1) is 52.9. The first-order valence-corrected chi connectivity index (χ1v) is 23.6. The smallest absolute Gasteiger partial charge is 0.324 e. The standard InChI is InChI=1S/C28H28F3N5O3.C26H28FN5O2/c1-34-11-13-35(14-12-34)28(39)36(23-8-6-19(7-9-23)21-3-2-10-32-16-21)18-22-5-4-20(15-24(22)29)25(37)17-33-27(38)26(30)31;1-30-11-13-31(14-12-30)26(34)32(18-22-5-4-20(15-24(22)27)25(33)16-28)23-8-6-19(7-9-23)21-3-2-10-29-17-21/h2-10,15-16,26H,11-14,17-18H2,1H3,(H,33,38);2-10,15,17H,11-14,16,18,28H2,1H3. The lowest BCUT2D eigenvalue weighted by Crippen LogP contribution is -2.52. The number of nitrogens with one attached hydrogen (secondary N) is 1. The zero-order valence-electron chi connectivity index (χ0n) is 40.5. The van der Waals surface area contributed by atoms with Gasteiger partial charge in [0.25, 0.3) is 5.91 Å². The number of hydrogen-bond acceptors (Lipinski definition) is 10. The van der Waals surface area contributed by atoms with Crippen LogP contribution in [-0.2, 0) is 17.9 Å². The van der Waals surface area contributed by atoms with Crippen LogP contribution in [0.2, 0.25) is 0 Å². The fourth-order valence-electron chi connectivity index (χ4n) is 8.11. The minimum Gasteiger partial charge on any atom is -0.344 e. The van der Waals surface area contributed by atoms with Crippen molar-refractivity contribution in [3.05, 3.63) is 168 Å². The molecule has 73 heavy (non-hydrogen) atoms. The molecule has 0 saturated carbocycles. The lowest BCUT2D eigenvalue weighted by molar-refractivity contribution is -0.131. The van der Waals surface area contributed by atoms with Gasteiger partial charge in [0.1, 0.15) is 11.6 Å². The van der Waals surface area contributed by atoms with E-state index in [-0.39, 0.29) is 54.2 Å². The second-order valence-electron chi connectivity index (χ2n) is 17.6. The Morgan fingerprint density at radius 2 is 0.986 bits per heavy atom. The molecule has 0 bridgehead atoms. The van der Waals surface area contributed by atoms with E-state index in [0.717, 1.165) is 41.4 Å². The molecule has 2 fully saturated rings. The van der Waals surface area contributed by atoms with Gasteiger partial charge in [0.05, 0.1) is 26.2 Å². The summed E-state index contributed by atoms with van der Waals surface area (Å²) in [7, 11) is 4.00. The van der Waals surface area contributed by atoms with Gasteiger partial charge in [-0.3, -0.25) is 34.2 Å². The normalized spacial score (nSPS) is 14.0. The molecule has 2 saturated heterocycles. The zero-order chi connectivity index (χ0) is 52.0. The van der Waals surface area contributed by atoms with Crippen LogP contribution in [-0.4, -0.2) is 145 Å². The van der Waals surface area contributed by atoms with E-state index in [4.69, 9.17) is 5.73 Å². The molecule has 0 radical (unpaired) electrons. The molecule has 6 aromatic rings. The minimum atomic E-state index is -3.25. The molecule has 0 atom stereocenters. The van der Waals surface area contributed by atoms with Gasteiger partial charge in [-0.05, 0) is 84.9 Å². The topological polar surface area (TPSA) is 169 Å². The highest BCUT2D eigenvalue weighted by molar-refractivity contribution is 6.00. The van der Waals surface area contributed by atoms with Gasteiger partial charge in [-0.2, -0.15) is 8.78 Å². The number of piperazine rings is 2. The third-order valence-electron chi connectivity index (χ3n) is 12.6. The van der Waals surface area contributed by atoms with E-state index in [9.17, 15) is 37.1 Å². The lowest BCUT2D eigenvalue weighted by Gasteiger charge is -2.36. The van der Waals surface area contributed by atoms with E-state index in [0.29, 0.717) is 56.2 Å². The van der Waals surface area contributed by atoms with Gasteiger partial charge in [0.15, 0.2) is 11.6 Å². The number of amides is 5. The molecule has 8 rings (SSSR count). The number of anilines is 2. The summed E-state index contributed by atoms with van der Waals surface area (Å²) >= 11 is 0. The highest BCUT2D eigenvalue weighted by Gasteiger charge is 2.29. The Bertz CT molecular complexity index is 2850. The Morgan fingerprint density at radius 3 is 1.34 bits per heavy atom. The van der Waals surface area contributed by atoms with Crippen LogP contribution in [0.3, 0.4) is 0 Å². The molecule has 0 spiro atoms. The van der Waals surface area contributed by atoms with Crippen molar-refractivity contribution in [2.45, 2.75) is 19.5 Å². The second-order valence-corrected chi connectivity index (χ2v) is 17.6. The number of urea groups is 2. The van der Waals surface area contributed by atoms with Gasteiger partial charge in [0.2, 0.25) is 0 Å². The molecule has 19 heteroatoms.